The summed E-state index contributed by atoms with van der Waals surface area (Å²) in [7, 11) is 0. The summed E-state index contributed by atoms with van der Waals surface area (Å²) in [5.74, 6) is 0.650. The number of nitrogens with zero attached hydrogens (tertiary/aromatic N) is 1. The summed E-state index contributed by atoms with van der Waals surface area (Å²) in [5, 5.41) is 0. The summed E-state index contributed by atoms with van der Waals surface area (Å²) in [6.45, 7) is 2.52. The maximum Gasteiger partial charge on any atom is 0.213 e. The van der Waals surface area contributed by atoms with Crippen molar-refractivity contribution in [3.8, 4) is 5.88 Å². The molecule has 0 unspecified atom stereocenters. The zero-order valence-electron chi connectivity index (χ0n) is 9.18. The molecule has 2 rings (SSSR count). The van der Waals surface area contributed by atoms with Crippen LogP contribution in [0.3, 0.4) is 0 Å². The van der Waals surface area contributed by atoms with Crippen LogP contribution < -0.4 is 10.5 Å². The van der Waals surface area contributed by atoms with Gasteiger partial charge in [0, 0.05) is 18.0 Å². The number of hydrogen-bond donors (Lipinski definition) is 1. The van der Waals surface area contributed by atoms with Crippen molar-refractivity contribution in [2.75, 3.05) is 5.73 Å². The molecule has 0 saturated heterocycles. The monoisotopic (exact) mass is 214 g/mol. The number of aryl methyl sites for hydroxylation is 1. The third kappa shape index (κ3) is 2.73. The molecule has 0 aliphatic heterocycles. The van der Waals surface area contributed by atoms with Crippen LogP contribution in [0.5, 0.6) is 5.88 Å². The van der Waals surface area contributed by atoms with E-state index in [-0.39, 0.29) is 0 Å². The average molecular weight is 214 g/mol. The van der Waals surface area contributed by atoms with Crippen molar-refractivity contribution in [3.63, 3.8) is 0 Å². The molecule has 0 bridgehead atoms. The Bertz CT molecular complexity index is 466. The maximum absolute atomic E-state index is 5.60. The summed E-state index contributed by atoms with van der Waals surface area (Å²) in [6, 6.07) is 11.5. The van der Waals surface area contributed by atoms with Crippen molar-refractivity contribution in [2.45, 2.75) is 13.5 Å². The van der Waals surface area contributed by atoms with Gasteiger partial charge in [-0.15, -0.1) is 0 Å². The number of nitrogen functional groups attached to an aromatic ring is 1. The lowest BCUT2D eigenvalue weighted by atomic mass is 10.2. The number of nitrogens with two attached hydrogens (primary N) is 1. The Balaban J connectivity index is 1.99. The van der Waals surface area contributed by atoms with Crippen LogP contribution in [0.1, 0.15) is 11.1 Å². The molecule has 1 heterocycles. The molecule has 0 saturated carbocycles. The van der Waals surface area contributed by atoms with Crippen molar-refractivity contribution in [1.29, 1.82) is 0 Å². The van der Waals surface area contributed by atoms with Gasteiger partial charge in [0.25, 0.3) is 0 Å². The van der Waals surface area contributed by atoms with E-state index < -0.39 is 0 Å². The first-order valence-electron chi connectivity index (χ1n) is 5.14. The fraction of sp³-hybridized carbons (Fsp3) is 0.154. The van der Waals surface area contributed by atoms with Crippen LogP contribution in [0.25, 0.3) is 0 Å². The molecule has 3 nitrogen and oxygen atoms in total. The minimum Gasteiger partial charge on any atom is -0.473 e. The number of pyridine rings is 1. The minimum absolute atomic E-state index is 0.511. The summed E-state index contributed by atoms with van der Waals surface area (Å²) < 4.78 is 5.56. The number of rotatable bonds is 3. The fourth-order valence-electron chi connectivity index (χ4n) is 1.36. The summed E-state index contributed by atoms with van der Waals surface area (Å²) in [5.41, 5.74) is 8.58. The molecule has 0 fully saturated rings. The Kier molecular flexibility index (Phi) is 3.05. The highest BCUT2D eigenvalue weighted by molar-refractivity contribution is 5.39. The molecule has 0 atom stereocenters. The van der Waals surface area contributed by atoms with Gasteiger partial charge in [-0.3, -0.25) is 0 Å². The highest BCUT2D eigenvalue weighted by atomic mass is 16.5. The third-order valence-electron chi connectivity index (χ3n) is 2.26. The molecule has 0 radical (unpaired) electrons. The fourth-order valence-corrected chi connectivity index (χ4v) is 1.36. The van der Waals surface area contributed by atoms with Gasteiger partial charge in [-0.1, -0.05) is 12.1 Å². The zero-order chi connectivity index (χ0) is 11.4. The standard InChI is InChI=1S/C13H14N2O/c1-10-6-7-15-13(8-10)16-9-11-2-4-12(14)5-3-11/h2-8H,9,14H2,1H3. The summed E-state index contributed by atoms with van der Waals surface area (Å²) in [6.07, 6.45) is 1.74. The van der Waals surface area contributed by atoms with E-state index >= 15 is 0 Å². The lowest BCUT2D eigenvalue weighted by Gasteiger charge is -2.05. The number of hydrogen-bond acceptors (Lipinski definition) is 3. The van der Waals surface area contributed by atoms with Crippen LogP contribution in [0.2, 0.25) is 0 Å². The van der Waals surface area contributed by atoms with Gasteiger partial charge in [0.2, 0.25) is 5.88 Å². The van der Waals surface area contributed by atoms with E-state index in [0.717, 1.165) is 16.8 Å². The predicted molar refractivity (Wildman–Crippen MR) is 64.2 cm³/mol. The molecule has 0 aliphatic rings. The van der Waals surface area contributed by atoms with E-state index in [0.29, 0.717) is 12.5 Å². The van der Waals surface area contributed by atoms with Crippen LogP contribution in [0.4, 0.5) is 5.69 Å². The van der Waals surface area contributed by atoms with Gasteiger partial charge in [0.05, 0.1) is 0 Å². The van der Waals surface area contributed by atoms with Crippen LogP contribution in [-0.2, 0) is 6.61 Å². The second kappa shape index (κ2) is 4.66. The Morgan fingerprint density at radius 1 is 1.19 bits per heavy atom. The first-order chi connectivity index (χ1) is 7.74. The number of ether oxygens (including phenoxy) is 1. The van der Waals surface area contributed by atoms with E-state index in [9.17, 15) is 0 Å². The molecular weight excluding hydrogens is 200 g/mol. The maximum atomic E-state index is 5.60. The Morgan fingerprint density at radius 3 is 2.62 bits per heavy atom. The highest BCUT2D eigenvalue weighted by Crippen LogP contribution is 2.12. The van der Waals surface area contributed by atoms with Crippen molar-refractivity contribution < 1.29 is 4.74 Å². The van der Waals surface area contributed by atoms with Gasteiger partial charge >= 0.3 is 0 Å². The van der Waals surface area contributed by atoms with Crippen molar-refractivity contribution in [2.24, 2.45) is 0 Å². The molecule has 2 N–H and O–H groups in total. The minimum atomic E-state index is 0.511. The van der Waals surface area contributed by atoms with Gasteiger partial charge in [0.15, 0.2) is 0 Å². The second-order valence-corrected chi connectivity index (χ2v) is 3.70. The lowest BCUT2D eigenvalue weighted by molar-refractivity contribution is 0.293. The SMILES string of the molecule is Cc1ccnc(OCc2ccc(N)cc2)c1. The molecule has 0 spiro atoms. The number of benzene rings is 1. The van der Waals surface area contributed by atoms with Gasteiger partial charge in [0.1, 0.15) is 6.61 Å². The van der Waals surface area contributed by atoms with Crippen LogP contribution in [0, 0.1) is 6.92 Å². The Labute approximate surface area is 94.9 Å². The normalized spacial score (nSPS) is 10.1. The van der Waals surface area contributed by atoms with E-state index in [4.69, 9.17) is 10.5 Å². The number of aromatic nitrogens is 1. The molecular formula is C13H14N2O. The molecule has 16 heavy (non-hydrogen) atoms. The van der Waals surface area contributed by atoms with Crippen LogP contribution >= 0.6 is 0 Å². The summed E-state index contributed by atoms with van der Waals surface area (Å²) >= 11 is 0. The summed E-state index contributed by atoms with van der Waals surface area (Å²) in [4.78, 5) is 4.13. The van der Waals surface area contributed by atoms with E-state index in [1.165, 1.54) is 0 Å². The van der Waals surface area contributed by atoms with Crippen LogP contribution in [0.15, 0.2) is 42.6 Å². The van der Waals surface area contributed by atoms with Crippen molar-refractivity contribution >= 4 is 5.69 Å². The molecule has 82 valence electrons. The van der Waals surface area contributed by atoms with E-state index in [1.807, 2.05) is 43.3 Å². The first-order valence-corrected chi connectivity index (χ1v) is 5.14. The highest BCUT2D eigenvalue weighted by Gasteiger charge is 1.97. The second-order valence-electron chi connectivity index (χ2n) is 3.70. The Hall–Kier alpha value is -2.03. The molecule has 3 heteroatoms. The molecule has 0 aliphatic carbocycles. The smallest absolute Gasteiger partial charge is 0.213 e. The molecule has 2 aromatic rings. The predicted octanol–water partition coefficient (Wildman–Crippen LogP) is 2.55. The quantitative estimate of drug-likeness (QED) is 0.799. The van der Waals surface area contributed by atoms with Gasteiger partial charge in [-0.25, -0.2) is 4.98 Å². The lowest BCUT2D eigenvalue weighted by Crippen LogP contribution is -1.97. The van der Waals surface area contributed by atoms with E-state index in [2.05, 4.69) is 4.98 Å². The van der Waals surface area contributed by atoms with E-state index in [1.54, 1.807) is 6.20 Å². The molecule has 0 amide bonds. The molecule has 1 aromatic heterocycles. The van der Waals surface area contributed by atoms with Gasteiger partial charge < -0.3 is 10.5 Å². The zero-order valence-corrected chi connectivity index (χ0v) is 9.18. The average Bonchev–Trinajstić information content (AvgIpc) is 2.28. The van der Waals surface area contributed by atoms with Crippen molar-refractivity contribution in [3.05, 3.63) is 53.7 Å². The van der Waals surface area contributed by atoms with Crippen LogP contribution in [-0.4, -0.2) is 4.98 Å². The molecule has 1 aromatic carbocycles. The van der Waals surface area contributed by atoms with Gasteiger partial charge in [-0.2, -0.15) is 0 Å². The third-order valence-corrected chi connectivity index (χ3v) is 2.26. The van der Waals surface area contributed by atoms with Crippen molar-refractivity contribution in [1.82, 2.24) is 4.98 Å². The topological polar surface area (TPSA) is 48.1 Å². The largest absolute Gasteiger partial charge is 0.473 e. The van der Waals surface area contributed by atoms with Gasteiger partial charge in [-0.05, 0) is 36.2 Å². The number of anilines is 1. The Morgan fingerprint density at radius 2 is 1.94 bits per heavy atom. The first kappa shape index (κ1) is 10.5.